The number of nitrogens with zero attached hydrogens (tertiary/aromatic N) is 1. The number of aromatic nitrogens is 1. The molecule has 0 unspecified atom stereocenters. The van der Waals surface area contributed by atoms with Crippen molar-refractivity contribution >= 4 is 11.6 Å². The van der Waals surface area contributed by atoms with E-state index in [-0.39, 0.29) is 6.61 Å². The third kappa shape index (κ3) is 1.52. The fourth-order valence-electron chi connectivity index (χ4n) is 0.977. The smallest absolute Gasteiger partial charge is 0.0702 e. The average Bonchev–Trinajstić information content (AvgIpc) is 1.99. The van der Waals surface area contributed by atoms with E-state index in [1.165, 1.54) is 0 Å². The largest absolute Gasteiger partial charge is 0.392 e. The second-order valence-corrected chi connectivity index (χ2v) is 2.86. The number of hydrogen-bond donors (Lipinski definition) is 1. The van der Waals surface area contributed by atoms with E-state index in [0.29, 0.717) is 5.02 Å². The summed E-state index contributed by atoms with van der Waals surface area (Å²) in [4.78, 5) is 4.02. The maximum atomic E-state index is 8.93. The molecule has 0 spiro atoms. The minimum Gasteiger partial charge on any atom is -0.392 e. The average molecular weight is 172 g/mol. The fraction of sp³-hybridized carbons (Fsp3) is 0.375. The summed E-state index contributed by atoms with van der Waals surface area (Å²) in [5.41, 5.74) is 2.59. The molecule has 2 nitrogen and oxygen atoms in total. The van der Waals surface area contributed by atoms with Crippen LogP contribution in [0.3, 0.4) is 0 Å². The van der Waals surface area contributed by atoms with E-state index in [1.54, 1.807) is 6.20 Å². The van der Waals surface area contributed by atoms with Crippen LogP contribution >= 0.6 is 11.6 Å². The van der Waals surface area contributed by atoms with Crippen molar-refractivity contribution in [3.63, 3.8) is 0 Å². The molecule has 0 bridgehead atoms. The summed E-state index contributed by atoms with van der Waals surface area (Å²) >= 11 is 5.79. The van der Waals surface area contributed by atoms with E-state index >= 15 is 0 Å². The SMILES string of the molecule is Cc1ncc(Cl)c(C)c1CO. The molecule has 1 aromatic rings. The first-order valence-electron chi connectivity index (χ1n) is 3.38. The molecule has 0 aromatic carbocycles. The van der Waals surface area contributed by atoms with Crippen LogP contribution in [0.2, 0.25) is 5.02 Å². The van der Waals surface area contributed by atoms with Gasteiger partial charge in [0.15, 0.2) is 0 Å². The van der Waals surface area contributed by atoms with Gasteiger partial charge in [-0.3, -0.25) is 4.98 Å². The minimum absolute atomic E-state index is 0.00519. The van der Waals surface area contributed by atoms with Crippen molar-refractivity contribution in [2.24, 2.45) is 0 Å². The van der Waals surface area contributed by atoms with Crippen molar-refractivity contribution in [2.75, 3.05) is 0 Å². The Morgan fingerprint density at radius 1 is 1.55 bits per heavy atom. The van der Waals surface area contributed by atoms with Crippen LogP contribution in [0, 0.1) is 13.8 Å². The summed E-state index contributed by atoms with van der Waals surface area (Å²) in [5.74, 6) is 0. The maximum Gasteiger partial charge on any atom is 0.0702 e. The molecule has 0 fully saturated rings. The topological polar surface area (TPSA) is 33.1 Å². The molecule has 0 aliphatic rings. The molecule has 0 amide bonds. The number of halogens is 1. The van der Waals surface area contributed by atoms with Crippen molar-refractivity contribution in [3.8, 4) is 0 Å². The molecule has 1 aromatic heterocycles. The summed E-state index contributed by atoms with van der Waals surface area (Å²) in [6.07, 6.45) is 1.60. The van der Waals surface area contributed by atoms with Crippen LogP contribution in [0.1, 0.15) is 16.8 Å². The van der Waals surface area contributed by atoms with Gasteiger partial charge in [0.1, 0.15) is 0 Å². The summed E-state index contributed by atoms with van der Waals surface area (Å²) in [5, 5.41) is 9.54. The number of aryl methyl sites for hydroxylation is 1. The molecule has 11 heavy (non-hydrogen) atoms. The van der Waals surface area contributed by atoms with Crippen LogP contribution in [0.5, 0.6) is 0 Å². The van der Waals surface area contributed by atoms with Crippen molar-refractivity contribution < 1.29 is 5.11 Å². The Kier molecular flexibility index (Phi) is 2.47. The highest BCUT2D eigenvalue weighted by atomic mass is 35.5. The van der Waals surface area contributed by atoms with Crippen molar-refractivity contribution in [3.05, 3.63) is 28.0 Å². The lowest BCUT2D eigenvalue weighted by Crippen LogP contribution is -1.96. The predicted octanol–water partition coefficient (Wildman–Crippen LogP) is 1.84. The Hall–Kier alpha value is -0.600. The molecule has 0 atom stereocenters. The number of aliphatic hydroxyl groups excluding tert-OH is 1. The third-order valence-corrected chi connectivity index (χ3v) is 2.16. The molecule has 0 radical (unpaired) electrons. The number of hydrogen-bond acceptors (Lipinski definition) is 2. The van der Waals surface area contributed by atoms with Crippen LogP contribution in [-0.4, -0.2) is 10.1 Å². The number of pyridine rings is 1. The zero-order chi connectivity index (χ0) is 8.43. The quantitative estimate of drug-likeness (QED) is 0.700. The lowest BCUT2D eigenvalue weighted by molar-refractivity contribution is 0.279. The Balaban J connectivity index is 3.29. The Morgan fingerprint density at radius 2 is 2.18 bits per heavy atom. The maximum absolute atomic E-state index is 8.93. The van der Waals surface area contributed by atoms with E-state index in [9.17, 15) is 0 Å². The van der Waals surface area contributed by atoms with Gasteiger partial charge in [0.05, 0.1) is 11.6 Å². The van der Waals surface area contributed by atoms with Crippen LogP contribution in [0.4, 0.5) is 0 Å². The van der Waals surface area contributed by atoms with Crippen molar-refractivity contribution in [1.29, 1.82) is 0 Å². The monoisotopic (exact) mass is 171 g/mol. The van der Waals surface area contributed by atoms with Gasteiger partial charge in [-0.1, -0.05) is 11.6 Å². The predicted molar refractivity (Wildman–Crippen MR) is 44.6 cm³/mol. The second kappa shape index (κ2) is 3.20. The standard InChI is InChI=1S/C8H10ClNO/c1-5-7(4-11)6(2)10-3-8(5)9/h3,11H,4H2,1-2H3. The van der Waals surface area contributed by atoms with Gasteiger partial charge in [-0.2, -0.15) is 0 Å². The van der Waals surface area contributed by atoms with Gasteiger partial charge in [-0.05, 0) is 19.4 Å². The zero-order valence-electron chi connectivity index (χ0n) is 6.56. The zero-order valence-corrected chi connectivity index (χ0v) is 7.31. The third-order valence-electron chi connectivity index (χ3n) is 1.78. The molecule has 0 aliphatic heterocycles. The normalized spacial score (nSPS) is 10.2. The molecule has 0 saturated heterocycles. The highest BCUT2D eigenvalue weighted by molar-refractivity contribution is 6.31. The number of aliphatic hydroxyl groups is 1. The highest BCUT2D eigenvalue weighted by Crippen LogP contribution is 2.19. The van der Waals surface area contributed by atoms with Gasteiger partial charge in [0.2, 0.25) is 0 Å². The van der Waals surface area contributed by atoms with E-state index in [2.05, 4.69) is 4.98 Å². The summed E-state index contributed by atoms with van der Waals surface area (Å²) in [7, 11) is 0. The molecule has 3 heteroatoms. The molecule has 0 saturated carbocycles. The molecule has 1 N–H and O–H groups in total. The van der Waals surface area contributed by atoms with E-state index in [4.69, 9.17) is 16.7 Å². The Labute approximate surface area is 70.8 Å². The van der Waals surface area contributed by atoms with E-state index < -0.39 is 0 Å². The van der Waals surface area contributed by atoms with E-state index in [0.717, 1.165) is 16.8 Å². The highest BCUT2D eigenvalue weighted by Gasteiger charge is 2.04. The van der Waals surface area contributed by atoms with Gasteiger partial charge in [-0.25, -0.2) is 0 Å². The van der Waals surface area contributed by atoms with Crippen molar-refractivity contribution in [2.45, 2.75) is 20.5 Å². The van der Waals surface area contributed by atoms with Crippen LogP contribution in [0.15, 0.2) is 6.20 Å². The molecule has 1 rings (SSSR count). The Bertz CT molecular complexity index is 273. The fourth-order valence-corrected chi connectivity index (χ4v) is 1.14. The minimum atomic E-state index is 0.00519. The molecule has 60 valence electrons. The van der Waals surface area contributed by atoms with Crippen LogP contribution < -0.4 is 0 Å². The van der Waals surface area contributed by atoms with E-state index in [1.807, 2.05) is 13.8 Å². The second-order valence-electron chi connectivity index (χ2n) is 2.45. The first-order chi connectivity index (χ1) is 5.16. The molecule has 0 aliphatic carbocycles. The Morgan fingerprint density at radius 3 is 2.64 bits per heavy atom. The van der Waals surface area contributed by atoms with Gasteiger partial charge >= 0.3 is 0 Å². The summed E-state index contributed by atoms with van der Waals surface area (Å²) in [6, 6.07) is 0. The van der Waals surface area contributed by atoms with Gasteiger partial charge in [-0.15, -0.1) is 0 Å². The first-order valence-corrected chi connectivity index (χ1v) is 3.76. The van der Waals surface area contributed by atoms with Gasteiger partial charge in [0.25, 0.3) is 0 Å². The van der Waals surface area contributed by atoms with Gasteiger partial charge < -0.3 is 5.11 Å². The molecular formula is C8H10ClNO. The molecular weight excluding hydrogens is 162 g/mol. The van der Waals surface area contributed by atoms with Crippen LogP contribution in [0.25, 0.3) is 0 Å². The summed E-state index contributed by atoms with van der Waals surface area (Å²) in [6.45, 7) is 3.74. The van der Waals surface area contributed by atoms with Gasteiger partial charge in [0, 0.05) is 17.5 Å². The number of rotatable bonds is 1. The van der Waals surface area contributed by atoms with Crippen molar-refractivity contribution in [1.82, 2.24) is 4.98 Å². The lowest BCUT2D eigenvalue weighted by Gasteiger charge is -2.06. The lowest BCUT2D eigenvalue weighted by atomic mass is 10.1. The first kappa shape index (κ1) is 8.50. The summed E-state index contributed by atoms with van der Waals surface area (Å²) < 4.78 is 0. The van der Waals surface area contributed by atoms with Crippen LogP contribution in [-0.2, 0) is 6.61 Å². The molecule has 1 heterocycles.